The quantitative estimate of drug-likeness (QED) is 0.845. The number of rotatable bonds is 4. The van der Waals surface area contributed by atoms with Crippen LogP contribution in [0, 0.1) is 11.3 Å². The lowest BCUT2D eigenvalue weighted by molar-refractivity contribution is -0.139. The number of urea groups is 1. The zero-order chi connectivity index (χ0) is 20.6. The van der Waals surface area contributed by atoms with E-state index in [9.17, 15) is 14.7 Å². The number of carbonyl (C=O) groups is 2. The molecular formula is C23H33N3O3. The van der Waals surface area contributed by atoms with Crippen LogP contribution in [-0.4, -0.2) is 77.6 Å². The summed E-state index contributed by atoms with van der Waals surface area (Å²) < 4.78 is 0. The van der Waals surface area contributed by atoms with E-state index in [0.717, 1.165) is 38.5 Å². The first-order valence-corrected chi connectivity index (χ1v) is 10.9. The summed E-state index contributed by atoms with van der Waals surface area (Å²) in [5.74, 6) is 0.244. The van der Waals surface area contributed by atoms with Gasteiger partial charge in [-0.2, -0.15) is 0 Å². The van der Waals surface area contributed by atoms with Crippen molar-refractivity contribution in [2.75, 3.05) is 33.8 Å². The molecule has 1 N–H and O–H groups in total. The van der Waals surface area contributed by atoms with Crippen molar-refractivity contribution in [1.82, 2.24) is 14.7 Å². The standard InChI is InChI=1S/C23H33N3O3/c1-24(2)22(29)25-12-10-18(11-13-25)21(28)26-19-8-9-20(26)23(15-19,16-27)14-17-6-4-3-5-7-17/h3-7,18-20,27H,8-16H2,1-2H3/t19-,20+,23-/m0/s1. The van der Waals surface area contributed by atoms with E-state index < -0.39 is 0 Å². The van der Waals surface area contributed by atoms with Crippen LogP contribution in [0.3, 0.4) is 0 Å². The van der Waals surface area contributed by atoms with Crippen molar-refractivity contribution >= 4 is 11.9 Å². The molecule has 3 amide bonds. The second-order valence-corrected chi connectivity index (χ2v) is 9.32. The van der Waals surface area contributed by atoms with Gasteiger partial charge in [0.1, 0.15) is 0 Å². The van der Waals surface area contributed by atoms with Crippen LogP contribution in [0.25, 0.3) is 0 Å². The van der Waals surface area contributed by atoms with Gasteiger partial charge in [-0.1, -0.05) is 30.3 Å². The van der Waals surface area contributed by atoms with Gasteiger partial charge in [0.05, 0.1) is 6.61 Å². The number of likely N-dealkylation sites (tertiary alicyclic amines) is 1. The monoisotopic (exact) mass is 399 g/mol. The van der Waals surface area contributed by atoms with Crippen molar-refractivity contribution in [3.8, 4) is 0 Å². The molecule has 158 valence electrons. The maximum atomic E-state index is 13.5. The Balaban J connectivity index is 1.44. The molecule has 0 aromatic heterocycles. The van der Waals surface area contributed by atoms with Crippen LogP contribution < -0.4 is 0 Å². The van der Waals surface area contributed by atoms with Crippen molar-refractivity contribution in [3.05, 3.63) is 35.9 Å². The van der Waals surface area contributed by atoms with Gasteiger partial charge < -0.3 is 19.8 Å². The highest BCUT2D eigenvalue weighted by atomic mass is 16.3. The normalized spacial score (nSPS) is 29.3. The summed E-state index contributed by atoms with van der Waals surface area (Å²) in [6.07, 6.45) is 5.23. The van der Waals surface area contributed by atoms with E-state index in [1.165, 1.54) is 5.56 Å². The Morgan fingerprint density at radius 2 is 1.79 bits per heavy atom. The van der Waals surface area contributed by atoms with Crippen molar-refractivity contribution in [2.24, 2.45) is 11.3 Å². The van der Waals surface area contributed by atoms with Gasteiger partial charge in [-0.3, -0.25) is 4.79 Å². The highest BCUT2D eigenvalue weighted by Gasteiger charge is 2.57. The number of carbonyl (C=O) groups excluding carboxylic acids is 2. The van der Waals surface area contributed by atoms with E-state index in [1.807, 2.05) is 23.1 Å². The molecule has 3 saturated heterocycles. The zero-order valence-electron chi connectivity index (χ0n) is 17.6. The van der Waals surface area contributed by atoms with Crippen molar-refractivity contribution in [3.63, 3.8) is 0 Å². The first-order valence-electron chi connectivity index (χ1n) is 10.9. The fourth-order valence-electron chi connectivity index (χ4n) is 5.85. The predicted octanol–water partition coefficient (Wildman–Crippen LogP) is 2.36. The smallest absolute Gasteiger partial charge is 0.319 e. The second kappa shape index (κ2) is 7.98. The van der Waals surface area contributed by atoms with Crippen LogP contribution >= 0.6 is 0 Å². The van der Waals surface area contributed by atoms with E-state index in [2.05, 4.69) is 17.0 Å². The summed E-state index contributed by atoms with van der Waals surface area (Å²) in [4.78, 5) is 31.2. The summed E-state index contributed by atoms with van der Waals surface area (Å²) in [5, 5.41) is 10.4. The predicted molar refractivity (Wildman–Crippen MR) is 111 cm³/mol. The Kier molecular flexibility index (Phi) is 5.56. The molecule has 0 aliphatic carbocycles. The summed E-state index contributed by atoms with van der Waals surface area (Å²) in [6, 6.07) is 10.7. The molecule has 4 rings (SSSR count). The maximum Gasteiger partial charge on any atom is 0.319 e. The fraction of sp³-hybridized carbons (Fsp3) is 0.652. The Hall–Kier alpha value is -2.08. The molecule has 3 fully saturated rings. The molecule has 1 aromatic carbocycles. The van der Waals surface area contributed by atoms with Crippen molar-refractivity contribution < 1.29 is 14.7 Å². The molecule has 3 heterocycles. The van der Waals surface area contributed by atoms with Crippen LogP contribution in [0.5, 0.6) is 0 Å². The summed E-state index contributed by atoms with van der Waals surface area (Å²) in [7, 11) is 3.53. The molecule has 6 nitrogen and oxygen atoms in total. The third-order valence-corrected chi connectivity index (χ3v) is 7.32. The number of nitrogens with zero attached hydrogens (tertiary/aromatic N) is 3. The highest BCUT2D eigenvalue weighted by molar-refractivity contribution is 5.81. The van der Waals surface area contributed by atoms with Crippen LogP contribution in [0.2, 0.25) is 0 Å². The maximum absolute atomic E-state index is 13.5. The molecule has 0 spiro atoms. The number of piperidine rings is 1. The molecular weight excluding hydrogens is 366 g/mol. The molecule has 3 atom stereocenters. The fourth-order valence-corrected chi connectivity index (χ4v) is 5.85. The lowest BCUT2D eigenvalue weighted by Crippen LogP contribution is -2.49. The summed E-state index contributed by atoms with van der Waals surface area (Å²) in [5.41, 5.74) is 1.01. The van der Waals surface area contributed by atoms with Gasteiger partial charge in [-0.05, 0) is 44.1 Å². The first kappa shape index (κ1) is 20.2. The molecule has 3 aliphatic heterocycles. The van der Waals surface area contributed by atoms with Crippen LogP contribution in [-0.2, 0) is 11.2 Å². The van der Waals surface area contributed by atoms with Crippen LogP contribution in [0.15, 0.2) is 30.3 Å². The Bertz CT molecular complexity index is 745. The van der Waals surface area contributed by atoms with E-state index in [-0.39, 0.29) is 42.0 Å². The molecule has 3 aliphatic rings. The number of hydrogen-bond acceptors (Lipinski definition) is 3. The topological polar surface area (TPSA) is 64.1 Å². The highest BCUT2D eigenvalue weighted by Crippen LogP contribution is 2.52. The summed E-state index contributed by atoms with van der Waals surface area (Å²) >= 11 is 0. The minimum absolute atomic E-state index is 0.00414. The third kappa shape index (κ3) is 3.63. The van der Waals surface area contributed by atoms with Crippen molar-refractivity contribution in [2.45, 2.75) is 50.6 Å². The average Bonchev–Trinajstić information content (AvgIpc) is 3.29. The number of aliphatic hydroxyl groups excluding tert-OH is 1. The Morgan fingerprint density at radius 3 is 2.41 bits per heavy atom. The average molecular weight is 400 g/mol. The van der Waals surface area contributed by atoms with Gasteiger partial charge in [0, 0.05) is 50.6 Å². The molecule has 0 radical (unpaired) electrons. The molecule has 0 saturated carbocycles. The lowest BCUT2D eigenvalue weighted by atomic mass is 9.70. The number of benzene rings is 1. The van der Waals surface area contributed by atoms with E-state index in [1.54, 1.807) is 19.0 Å². The zero-order valence-corrected chi connectivity index (χ0v) is 17.6. The van der Waals surface area contributed by atoms with E-state index in [0.29, 0.717) is 13.1 Å². The van der Waals surface area contributed by atoms with E-state index >= 15 is 0 Å². The van der Waals surface area contributed by atoms with Gasteiger partial charge in [-0.15, -0.1) is 0 Å². The minimum Gasteiger partial charge on any atom is -0.396 e. The van der Waals surface area contributed by atoms with Gasteiger partial charge in [0.25, 0.3) is 0 Å². The van der Waals surface area contributed by atoms with Crippen LogP contribution in [0.1, 0.15) is 37.7 Å². The van der Waals surface area contributed by atoms with Gasteiger partial charge >= 0.3 is 6.03 Å². The molecule has 29 heavy (non-hydrogen) atoms. The SMILES string of the molecule is CN(C)C(=O)N1CCC(C(=O)N2[C@H]3CC[C@@H]2[C@@](CO)(Cc2ccccc2)C3)CC1. The summed E-state index contributed by atoms with van der Waals surface area (Å²) in [6.45, 7) is 1.42. The number of amides is 3. The molecule has 1 aromatic rings. The number of fused-ring (bicyclic) bond motifs is 2. The van der Waals surface area contributed by atoms with E-state index in [4.69, 9.17) is 0 Å². The third-order valence-electron chi connectivity index (χ3n) is 7.32. The second-order valence-electron chi connectivity index (χ2n) is 9.32. The lowest BCUT2D eigenvalue weighted by Gasteiger charge is -2.38. The van der Waals surface area contributed by atoms with Gasteiger partial charge in [-0.25, -0.2) is 4.79 Å². The first-order chi connectivity index (χ1) is 13.9. The Labute approximate surface area is 173 Å². The van der Waals surface area contributed by atoms with Crippen molar-refractivity contribution in [1.29, 1.82) is 0 Å². The van der Waals surface area contributed by atoms with Gasteiger partial charge in [0.15, 0.2) is 0 Å². The van der Waals surface area contributed by atoms with Gasteiger partial charge in [0.2, 0.25) is 5.91 Å². The van der Waals surface area contributed by atoms with Crippen LogP contribution in [0.4, 0.5) is 4.79 Å². The Morgan fingerprint density at radius 1 is 1.10 bits per heavy atom. The largest absolute Gasteiger partial charge is 0.396 e. The molecule has 2 bridgehead atoms. The number of aliphatic hydroxyl groups is 1. The minimum atomic E-state index is -0.221. The molecule has 6 heteroatoms. The number of hydrogen-bond donors (Lipinski definition) is 1. The molecule has 0 unspecified atom stereocenters.